The fraction of sp³-hybridized carbons (Fsp3) is 0.409. The molecule has 0 bridgehead atoms. The normalized spacial score (nSPS) is 15.9. The van der Waals surface area contributed by atoms with Gasteiger partial charge in [0.05, 0.1) is 0 Å². The quantitative estimate of drug-likeness (QED) is 0.756. The monoisotopic (exact) mass is 384 g/mol. The molecule has 1 amide bonds. The van der Waals surface area contributed by atoms with E-state index in [0.717, 1.165) is 24.4 Å². The average molecular weight is 384 g/mol. The molecule has 28 heavy (non-hydrogen) atoms. The van der Waals surface area contributed by atoms with Crippen molar-refractivity contribution < 1.29 is 19.4 Å². The van der Waals surface area contributed by atoms with Gasteiger partial charge >= 0.3 is 0 Å². The largest absolute Gasteiger partial charge is 0.491 e. The first-order valence-corrected chi connectivity index (χ1v) is 9.65. The van der Waals surface area contributed by atoms with Crippen LogP contribution in [0.3, 0.4) is 0 Å². The van der Waals surface area contributed by atoms with E-state index in [2.05, 4.69) is 4.90 Å². The van der Waals surface area contributed by atoms with Crippen LogP contribution in [0.1, 0.15) is 12.5 Å². The summed E-state index contributed by atoms with van der Waals surface area (Å²) in [6, 6.07) is 17.4. The van der Waals surface area contributed by atoms with E-state index in [9.17, 15) is 9.90 Å². The Morgan fingerprint density at radius 1 is 0.964 bits per heavy atom. The van der Waals surface area contributed by atoms with Crippen molar-refractivity contribution in [2.75, 3.05) is 39.3 Å². The van der Waals surface area contributed by atoms with E-state index < -0.39 is 6.10 Å². The van der Waals surface area contributed by atoms with Crippen molar-refractivity contribution in [2.45, 2.75) is 19.6 Å². The van der Waals surface area contributed by atoms with E-state index in [1.165, 1.54) is 0 Å². The van der Waals surface area contributed by atoms with Crippen molar-refractivity contribution in [2.24, 2.45) is 0 Å². The number of hydrogen-bond donors (Lipinski definition) is 1. The fourth-order valence-corrected chi connectivity index (χ4v) is 3.16. The molecule has 0 saturated carbocycles. The van der Waals surface area contributed by atoms with Gasteiger partial charge in [-0.2, -0.15) is 0 Å². The summed E-state index contributed by atoms with van der Waals surface area (Å²) < 4.78 is 11.4. The molecule has 0 spiro atoms. The first-order valence-electron chi connectivity index (χ1n) is 9.65. The fourth-order valence-electron chi connectivity index (χ4n) is 3.16. The zero-order chi connectivity index (χ0) is 19.8. The van der Waals surface area contributed by atoms with Gasteiger partial charge in [-0.1, -0.05) is 30.3 Å². The van der Waals surface area contributed by atoms with Crippen LogP contribution in [-0.2, 0) is 11.4 Å². The summed E-state index contributed by atoms with van der Waals surface area (Å²) in [5.74, 6) is 1.59. The van der Waals surface area contributed by atoms with Gasteiger partial charge in [0.15, 0.2) is 0 Å². The summed E-state index contributed by atoms with van der Waals surface area (Å²) in [7, 11) is 0. The van der Waals surface area contributed by atoms with Gasteiger partial charge in [-0.05, 0) is 29.8 Å². The third kappa shape index (κ3) is 6.25. The zero-order valence-electron chi connectivity index (χ0n) is 16.3. The van der Waals surface area contributed by atoms with Crippen molar-refractivity contribution in [3.05, 3.63) is 60.2 Å². The molecule has 0 aromatic heterocycles. The van der Waals surface area contributed by atoms with Crippen LogP contribution >= 0.6 is 0 Å². The number of rotatable bonds is 8. The SMILES string of the molecule is CC(=O)N1CCN(C[C@H](O)COc2ccc(OCc3ccccc3)cc2)CC1. The summed E-state index contributed by atoms with van der Waals surface area (Å²) in [5, 5.41) is 10.2. The minimum Gasteiger partial charge on any atom is -0.491 e. The Kier molecular flexibility index (Phi) is 7.28. The Bertz CT molecular complexity index is 728. The molecule has 0 radical (unpaired) electrons. The third-order valence-corrected chi connectivity index (χ3v) is 4.80. The van der Waals surface area contributed by atoms with E-state index in [1.807, 2.05) is 59.5 Å². The maximum absolute atomic E-state index is 11.4. The molecule has 2 aromatic rings. The lowest BCUT2D eigenvalue weighted by Crippen LogP contribution is -2.50. The molecule has 1 aliphatic heterocycles. The van der Waals surface area contributed by atoms with Gasteiger partial charge in [0.2, 0.25) is 5.91 Å². The van der Waals surface area contributed by atoms with E-state index in [0.29, 0.717) is 32.0 Å². The summed E-state index contributed by atoms with van der Waals surface area (Å²) in [6.45, 7) is 5.89. The van der Waals surface area contributed by atoms with Crippen LogP contribution in [0.15, 0.2) is 54.6 Å². The Labute approximate surface area is 166 Å². The van der Waals surface area contributed by atoms with E-state index >= 15 is 0 Å². The van der Waals surface area contributed by atoms with Crippen LogP contribution in [0.25, 0.3) is 0 Å². The van der Waals surface area contributed by atoms with Crippen LogP contribution in [-0.4, -0.2) is 66.2 Å². The van der Waals surface area contributed by atoms with Crippen LogP contribution in [0.2, 0.25) is 0 Å². The summed E-state index contributed by atoms with van der Waals surface area (Å²) >= 11 is 0. The van der Waals surface area contributed by atoms with Gasteiger partial charge in [0.1, 0.15) is 30.8 Å². The second-order valence-corrected chi connectivity index (χ2v) is 7.02. The zero-order valence-corrected chi connectivity index (χ0v) is 16.3. The molecule has 2 aromatic carbocycles. The van der Waals surface area contributed by atoms with Crippen molar-refractivity contribution in [1.82, 2.24) is 9.80 Å². The minimum atomic E-state index is -0.571. The summed E-state index contributed by atoms with van der Waals surface area (Å²) in [6.07, 6.45) is -0.571. The smallest absolute Gasteiger partial charge is 0.219 e. The highest BCUT2D eigenvalue weighted by Gasteiger charge is 2.20. The summed E-state index contributed by atoms with van der Waals surface area (Å²) in [5.41, 5.74) is 1.12. The molecule has 0 aliphatic carbocycles. The Morgan fingerprint density at radius 3 is 2.18 bits per heavy atom. The maximum atomic E-state index is 11.4. The van der Waals surface area contributed by atoms with E-state index in [1.54, 1.807) is 6.92 Å². The topological polar surface area (TPSA) is 62.2 Å². The number of carbonyl (C=O) groups excluding carboxylic acids is 1. The molecule has 1 saturated heterocycles. The second-order valence-electron chi connectivity index (χ2n) is 7.02. The van der Waals surface area contributed by atoms with Crippen LogP contribution in [0.4, 0.5) is 0 Å². The number of aliphatic hydroxyl groups is 1. The second kappa shape index (κ2) is 10.1. The first-order chi connectivity index (χ1) is 13.6. The molecule has 3 rings (SSSR count). The maximum Gasteiger partial charge on any atom is 0.219 e. The molecule has 150 valence electrons. The number of amides is 1. The van der Waals surface area contributed by atoms with E-state index in [-0.39, 0.29) is 12.5 Å². The lowest BCUT2D eigenvalue weighted by Gasteiger charge is -2.35. The van der Waals surface area contributed by atoms with Crippen molar-refractivity contribution >= 4 is 5.91 Å². The van der Waals surface area contributed by atoms with Crippen LogP contribution in [0.5, 0.6) is 11.5 Å². The molecule has 1 aliphatic rings. The highest BCUT2D eigenvalue weighted by Crippen LogP contribution is 2.19. The first kappa shape index (κ1) is 20.2. The predicted octanol–water partition coefficient (Wildman–Crippen LogP) is 2.17. The molecule has 1 N–H and O–H groups in total. The molecule has 1 fully saturated rings. The molecular weight excluding hydrogens is 356 g/mol. The standard InChI is InChI=1S/C22H28N2O4/c1-18(25)24-13-11-23(12-14-24)15-20(26)17-28-22-9-7-21(8-10-22)27-16-19-5-3-2-4-6-19/h2-10,20,26H,11-17H2,1H3/t20-/m0/s1. The lowest BCUT2D eigenvalue weighted by atomic mass is 10.2. The predicted molar refractivity (Wildman–Crippen MR) is 107 cm³/mol. The van der Waals surface area contributed by atoms with Gasteiger partial charge in [-0.25, -0.2) is 0 Å². The van der Waals surface area contributed by atoms with Gasteiger partial charge in [0.25, 0.3) is 0 Å². The van der Waals surface area contributed by atoms with Gasteiger partial charge in [-0.15, -0.1) is 0 Å². The van der Waals surface area contributed by atoms with Crippen molar-refractivity contribution in [3.8, 4) is 11.5 Å². The molecule has 0 unspecified atom stereocenters. The average Bonchev–Trinajstić information content (AvgIpc) is 2.72. The van der Waals surface area contributed by atoms with Crippen LogP contribution < -0.4 is 9.47 Å². The van der Waals surface area contributed by atoms with Crippen molar-refractivity contribution in [3.63, 3.8) is 0 Å². The Balaban J connectivity index is 1.37. The van der Waals surface area contributed by atoms with Gasteiger partial charge in [-0.3, -0.25) is 9.69 Å². The highest BCUT2D eigenvalue weighted by molar-refractivity contribution is 5.73. The Morgan fingerprint density at radius 2 is 1.57 bits per heavy atom. The third-order valence-electron chi connectivity index (χ3n) is 4.80. The number of benzene rings is 2. The minimum absolute atomic E-state index is 0.111. The Hall–Kier alpha value is -2.57. The van der Waals surface area contributed by atoms with Crippen LogP contribution in [0, 0.1) is 0 Å². The summed E-state index contributed by atoms with van der Waals surface area (Å²) in [4.78, 5) is 15.3. The number of aliphatic hydroxyl groups excluding tert-OH is 1. The number of carbonyl (C=O) groups is 1. The molecule has 1 heterocycles. The molecule has 1 atom stereocenters. The lowest BCUT2D eigenvalue weighted by molar-refractivity contribution is -0.130. The molecular formula is C22H28N2O4. The number of piperazine rings is 1. The van der Waals surface area contributed by atoms with Gasteiger partial charge < -0.3 is 19.5 Å². The van der Waals surface area contributed by atoms with Crippen molar-refractivity contribution in [1.29, 1.82) is 0 Å². The van der Waals surface area contributed by atoms with Gasteiger partial charge in [0, 0.05) is 39.6 Å². The molecule has 6 heteroatoms. The number of nitrogens with zero attached hydrogens (tertiary/aromatic N) is 2. The highest BCUT2D eigenvalue weighted by atomic mass is 16.5. The van der Waals surface area contributed by atoms with E-state index in [4.69, 9.17) is 9.47 Å². The number of hydrogen-bond acceptors (Lipinski definition) is 5. The number of ether oxygens (including phenoxy) is 2. The number of β-amino-alcohol motifs (C(OH)–C–C–N with tert-alkyl or cyclic N) is 1. The molecule has 6 nitrogen and oxygen atoms in total.